The third-order valence-corrected chi connectivity index (χ3v) is 4.08. The third-order valence-electron chi connectivity index (χ3n) is 3.15. The van der Waals surface area contributed by atoms with Crippen LogP contribution in [0.15, 0.2) is 5.16 Å². The van der Waals surface area contributed by atoms with E-state index in [1.165, 1.54) is 11.8 Å². The molecule has 1 N–H and O–H groups in total. The van der Waals surface area contributed by atoms with Crippen molar-refractivity contribution in [3.8, 4) is 0 Å². The molecule has 1 fully saturated rings. The molecule has 1 saturated carbocycles. The predicted octanol–water partition coefficient (Wildman–Crippen LogP) is 2.42. The summed E-state index contributed by atoms with van der Waals surface area (Å²) in [5, 5.41) is 18.1. The molecular formula is C13H22N4O2S. The lowest BCUT2D eigenvalue weighted by molar-refractivity contribution is -0.133. The first-order valence-electron chi connectivity index (χ1n) is 7.21. The van der Waals surface area contributed by atoms with Gasteiger partial charge in [0.25, 0.3) is 0 Å². The first-order valence-corrected chi connectivity index (χ1v) is 8.20. The predicted molar refractivity (Wildman–Crippen MR) is 79.4 cm³/mol. The van der Waals surface area contributed by atoms with Gasteiger partial charge in [-0.25, -0.2) is 0 Å². The van der Waals surface area contributed by atoms with Crippen molar-refractivity contribution in [2.24, 2.45) is 0 Å². The number of aliphatic carboxylic acids is 1. The Labute approximate surface area is 123 Å². The zero-order valence-corrected chi connectivity index (χ0v) is 12.9. The highest BCUT2D eigenvalue weighted by molar-refractivity contribution is 7.99. The molecule has 112 valence electrons. The molecule has 1 heterocycles. The van der Waals surface area contributed by atoms with Gasteiger partial charge in [0, 0.05) is 19.1 Å². The van der Waals surface area contributed by atoms with Crippen molar-refractivity contribution in [1.82, 2.24) is 14.8 Å². The Bertz CT molecular complexity index is 453. The fourth-order valence-corrected chi connectivity index (χ4v) is 2.93. The van der Waals surface area contributed by atoms with E-state index in [1.54, 1.807) is 0 Å². The second kappa shape index (κ2) is 6.97. The summed E-state index contributed by atoms with van der Waals surface area (Å²) in [4.78, 5) is 13.0. The molecular weight excluding hydrogens is 276 g/mol. The van der Waals surface area contributed by atoms with Crippen LogP contribution >= 0.6 is 11.8 Å². The Morgan fingerprint density at radius 3 is 2.50 bits per heavy atom. The van der Waals surface area contributed by atoms with Crippen LogP contribution in [0.3, 0.4) is 0 Å². The van der Waals surface area contributed by atoms with Gasteiger partial charge in [0.15, 0.2) is 5.16 Å². The van der Waals surface area contributed by atoms with Crippen LogP contribution < -0.4 is 4.90 Å². The second-order valence-corrected chi connectivity index (χ2v) is 6.00. The molecule has 6 nitrogen and oxygen atoms in total. The fourth-order valence-electron chi connectivity index (χ4n) is 2.21. The maximum Gasteiger partial charge on any atom is 0.313 e. The molecule has 2 rings (SSSR count). The van der Waals surface area contributed by atoms with Gasteiger partial charge in [-0.15, -0.1) is 10.2 Å². The van der Waals surface area contributed by atoms with Gasteiger partial charge in [0.05, 0.1) is 5.75 Å². The minimum atomic E-state index is -0.819. The van der Waals surface area contributed by atoms with Crippen molar-refractivity contribution in [1.29, 1.82) is 0 Å². The van der Waals surface area contributed by atoms with Crippen LogP contribution in [0.4, 0.5) is 5.95 Å². The van der Waals surface area contributed by atoms with Crippen LogP contribution in [-0.2, 0) is 4.79 Å². The minimum absolute atomic E-state index is 0.0341. The van der Waals surface area contributed by atoms with E-state index in [4.69, 9.17) is 5.11 Å². The third kappa shape index (κ3) is 3.65. The number of carboxylic acid groups (broad SMARTS) is 1. The molecule has 0 atom stereocenters. The van der Waals surface area contributed by atoms with E-state index < -0.39 is 5.97 Å². The number of thioether (sulfide) groups is 1. The van der Waals surface area contributed by atoms with Gasteiger partial charge in [0.1, 0.15) is 0 Å². The topological polar surface area (TPSA) is 71.2 Å². The summed E-state index contributed by atoms with van der Waals surface area (Å²) in [5.41, 5.74) is 0. The van der Waals surface area contributed by atoms with Gasteiger partial charge in [-0.05, 0) is 25.7 Å². The maximum absolute atomic E-state index is 10.7. The Hall–Kier alpha value is -1.24. The summed E-state index contributed by atoms with van der Waals surface area (Å²) in [6.07, 6.45) is 4.40. The standard InChI is InChI=1S/C13H22N4O2S/c1-3-7-16(8-4-2)12-14-15-13(20-9-11(18)19)17(12)10-5-6-10/h10H,3-9H2,1-2H3,(H,18,19). The van der Waals surface area contributed by atoms with Crippen LogP contribution in [0.2, 0.25) is 0 Å². The van der Waals surface area contributed by atoms with Gasteiger partial charge in [-0.1, -0.05) is 25.6 Å². The maximum atomic E-state index is 10.7. The van der Waals surface area contributed by atoms with Gasteiger partial charge >= 0.3 is 5.97 Å². The Morgan fingerprint density at radius 2 is 2.00 bits per heavy atom. The Kier molecular flexibility index (Phi) is 5.28. The van der Waals surface area contributed by atoms with Crippen LogP contribution in [0.5, 0.6) is 0 Å². The van der Waals surface area contributed by atoms with Crippen molar-refractivity contribution in [3.63, 3.8) is 0 Å². The van der Waals surface area contributed by atoms with Crippen molar-refractivity contribution >= 4 is 23.7 Å². The quantitative estimate of drug-likeness (QED) is 0.706. The molecule has 1 aliphatic carbocycles. The first-order chi connectivity index (χ1) is 9.67. The van der Waals surface area contributed by atoms with Gasteiger partial charge < -0.3 is 10.0 Å². The van der Waals surface area contributed by atoms with Gasteiger partial charge in [-0.2, -0.15) is 0 Å². The van der Waals surface area contributed by atoms with E-state index in [2.05, 4.69) is 33.5 Å². The molecule has 1 aromatic heterocycles. The molecule has 0 bridgehead atoms. The van der Waals surface area contributed by atoms with E-state index in [0.717, 1.165) is 49.9 Å². The van der Waals surface area contributed by atoms with Crippen LogP contribution in [-0.4, -0.2) is 44.7 Å². The molecule has 7 heteroatoms. The second-order valence-electron chi connectivity index (χ2n) is 5.05. The zero-order chi connectivity index (χ0) is 14.5. The normalized spacial score (nSPS) is 14.5. The monoisotopic (exact) mass is 298 g/mol. The zero-order valence-electron chi connectivity index (χ0n) is 12.1. The lowest BCUT2D eigenvalue weighted by Crippen LogP contribution is -2.28. The average molecular weight is 298 g/mol. The number of hydrogen-bond acceptors (Lipinski definition) is 5. The van der Waals surface area contributed by atoms with E-state index >= 15 is 0 Å². The lowest BCUT2D eigenvalue weighted by atomic mass is 10.4. The number of carboxylic acids is 1. The van der Waals surface area contributed by atoms with E-state index in [0.29, 0.717) is 6.04 Å². The number of aromatic nitrogens is 3. The number of rotatable bonds is 9. The highest BCUT2D eigenvalue weighted by Crippen LogP contribution is 2.40. The molecule has 0 aromatic carbocycles. The largest absolute Gasteiger partial charge is 0.481 e. The molecule has 0 unspecified atom stereocenters. The van der Waals surface area contributed by atoms with Crippen LogP contribution in [0.1, 0.15) is 45.6 Å². The van der Waals surface area contributed by atoms with E-state index in [9.17, 15) is 4.79 Å². The summed E-state index contributed by atoms with van der Waals surface area (Å²) in [6.45, 7) is 6.23. The van der Waals surface area contributed by atoms with Crippen LogP contribution in [0.25, 0.3) is 0 Å². The lowest BCUT2D eigenvalue weighted by Gasteiger charge is -2.23. The van der Waals surface area contributed by atoms with Gasteiger partial charge in [-0.3, -0.25) is 9.36 Å². The van der Waals surface area contributed by atoms with Gasteiger partial charge in [0.2, 0.25) is 5.95 Å². The van der Waals surface area contributed by atoms with Crippen molar-refractivity contribution in [2.75, 3.05) is 23.7 Å². The number of nitrogens with zero attached hydrogens (tertiary/aromatic N) is 4. The van der Waals surface area contributed by atoms with E-state index in [1.807, 2.05) is 0 Å². The molecule has 0 radical (unpaired) electrons. The summed E-state index contributed by atoms with van der Waals surface area (Å²) in [7, 11) is 0. The molecule has 0 saturated heterocycles. The average Bonchev–Trinajstić information content (AvgIpc) is 3.16. The highest BCUT2D eigenvalue weighted by atomic mass is 32.2. The highest BCUT2D eigenvalue weighted by Gasteiger charge is 2.31. The molecule has 1 aliphatic rings. The number of hydrogen-bond donors (Lipinski definition) is 1. The van der Waals surface area contributed by atoms with Crippen LogP contribution in [0, 0.1) is 0 Å². The van der Waals surface area contributed by atoms with Crippen molar-refractivity contribution in [3.05, 3.63) is 0 Å². The summed E-state index contributed by atoms with van der Waals surface area (Å²) >= 11 is 1.26. The minimum Gasteiger partial charge on any atom is -0.481 e. The summed E-state index contributed by atoms with van der Waals surface area (Å²) in [6, 6.07) is 0.451. The summed E-state index contributed by atoms with van der Waals surface area (Å²) < 4.78 is 2.14. The number of carbonyl (C=O) groups is 1. The molecule has 0 aliphatic heterocycles. The molecule has 20 heavy (non-hydrogen) atoms. The Balaban J connectivity index is 2.20. The molecule has 0 amide bonds. The first kappa shape index (κ1) is 15.2. The smallest absolute Gasteiger partial charge is 0.313 e. The van der Waals surface area contributed by atoms with E-state index in [-0.39, 0.29) is 5.75 Å². The molecule has 1 aromatic rings. The van der Waals surface area contributed by atoms with Crippen molar-refractivity contribution in [2.45, 2.75) is 50.7 Å². The SMILES string of the molecule is CCCN(CCC)c1nnc(SCC(=O)O)n1C1CC1. The number of anilines is 1. The van der Waals surface area contributed by atoms with Crippen molar-refractivity contribution < 1.29 is 9.90 Å². The fraction of sp³-hybridized carbons (Fsp3) is 0.769. The molecule has 0 spiro atoms. The summed E-state index contributed by atoms with van der Waals surface area (Å²) in [5.74, 6) is 0.122. The Morgan fingerprint density at radius 1 is 1.35 bits per heavy atom.